The van der Waals surface area contributed by atoms with Crippen LogP contribution in [0.1, 0.15) is 23.6 Å². The summed E-state index contributed by atoms with van der Waals surface area (Å²) in [5.74, 6) is 0.544. The summed E-state index contributed by atoms with van der Waals surface area (Å²) in [6.45, 7) is 2.29. The average Bonchev–Trinajstić information content (AvgIpc) is 2.57. The highest BCUT2D eigenvalue weighted by molar-refractivity contribution is 5.83. The Labute approximate surface area is 139 Å². The van der Waals surface area contributed by atoms with Crippen molar-refractivity contribution in [3.63, 3.8) is 0 Å². The summed E-state index contributed by atoms with van der Waals surface area (Å²) in [7, 11) is 0. The summed E-state index contributed by atoms with van der Waals surface area (Å²) in [5, 5.41) is 27.1. The first-order valence-corrected chi connectivity index (χ1v) is 7.41. The fourth-order valence-electron chi connectivity index (χ4n) is 2.02. The normalized spacial score (nSPS) is 11.2. The van der Waals surface area contributed by atoms with Crippen LogP contribution in [0.4, 0.5) is 0 Å². The van der Waals surface area contributed by atoms with E-state index in [1.165, 1.54) is 24.6 Å². The van der Waals surface area contributed by atoms with E-state index < -0.39 is 0 Å². The molecule has 0 heterocycles. The van der Waals surface area contributed by atoms with Gasteiger partial charge in [-0.2, -0.15) is 10.2 Å². The van der Waals surface area contributed by atoms with Gasteiger partial charge in [-0.15, -0.1) is 0 Å². The molecule has 0 aromatic heterocycles. The number of phenols is 2. The predicted octanol–water partition coefficient (Wildman–Crippen LogP) is 2.69. The number of ether oxygens (including phenoxy) is 1. The van der Waals surface area contributed by atoms with Crippen LogP contribution in [0, 0.1) is 0 Å². The van der Waals surface area contributed by atoms with E-state index >= 15 is 0 Å². The highest BCUT2D eigenvalue weighted by Crippen LogP contribution is 2.26. The molecule has 2 N–H and O–H groups in total. The Hall–Kier alpha value is -3.15. The first-order valence-electron chi connectivity index (χ1n) is 7.41. The SMILES string of the molecule is CCOc1cc(/C=N/N=C/c2ccc(O)c(CC=O)c2)ccc1O. The summed E-state index contributed by atoms with van der Waals surface area (Å²) < 4.78 is 5.30. The average molecular weight is 326 g/mol. The maximum absolute atomic E-state index is 10.6. The van der Waals surface area contributed by atoms with Gasteiger partial charge in [0.25, 0.3) is 0 Å². The molecule has 6 nitrogen and oxygen atoms in total. The number of phenolic OH excluding ortho intramolecular Hbond substituents is 2. The van der Waals surface area contributed by atoms with Crippen molar-refractivity contribution in [2.24, 2.45) is 10.2 Å². The standard InChI is InChI=1S/C18H18N2O4/c1-2-24-18-10-14(4-6-17(18)23)12-20-19-11-13-3-5-16(22)15(9-13)7-8-21/h3-6,8-12,22-23H,2,7H2,1H3/b19-11+,20-12+. The first-order chi connectivity index (χ1) is 11.6. The van der Waals surface area contributed by atoms with Crippen LogP contribution in [0.2, 0.25) is 0 Å². The number of rotatable bonds is 7. The quantitative estimate of drug-likeness (QED) is 0.465. The molecule has 0 aliphatic heterocycles. The summed E-state index contributed by atoms with van der Waals surface area (Å²) in [5.41, 5.74) is 2.00. The topological polar surface area (TPSA) is 91.5 Å². The van der Waals surface area contributed by atoms with Gasteiger partial charge in [0.1, 0.15) is 12.0 Å². The number of benzene rings is 2. The highest BCUT2D eigenvalue weighted by Gasteiger charge is 2.02. The van der Waals surface area contributed by atoms with Crippen LogP contribution in [-0.4, -0.2) is 35.5 Å². The van der Waals surface area contributed by atoms with Gasteiger partial charge in [-0.1, -0.05) is 0 Å². The molecule has 0 saturated heterocycles. The Morgan fingerprint density at radius 1 is 1.00 bits per heavy atom. The van der Waals surface area contributed by atoms with Crippen LogP contribution < -0.4 is 4.74 Å². The number of nitrogens with zero attached hydrogens (tertiary/aromatic N) is 2. The van der Waals surface area contributed by atoms with Gasteiger partial charge < -0.3 is 19.7 Å². The second kappa shape index (κ2) is 8.47. The second-order valence-electron chi connectivity index (χ2n) is 4.91. The number of hydrogen-bond donors (Lipinski definition) is 2. The van der Waals surface area contributed by atoms with Gasteiger partial charge in [0.2, 0.25) is 0 Å². The van der Waals surface area contributed by atoms with Crippen molar-refractivity contribution in [2.75, 3.05) is 6.61 Å². The Balaban J connectivity index is 2.08. The van der Waals surface area contributed by atoms with Crippen molar-refractivity contribution in [3.8, 4) is 17.2 Å². The van der Waals surface area contributed by atoms with E-state index in [2.05, 4.69) is 10.2 Å². The van der Waals surface area contributed by atoms with Crippen molar-refractivity contribution >= 4 is 18.7 Å². The third-order valence-corrected chi connectivity index (χ3v) is 3.17. The van der Waals surface area contributed by atoms with Gasteiger partial charge in [-0.25, -0.2) is 0 Å². The molecular formula is C18H18N2O4. The molecule has 0 fully saturated rings. The molecule has 0 amide bonds. The van der Waals surface area contributed by atoms with Gasteiger partial charge >= 0.3 is 0 Å². The summed E-state index contributed by atoms with van der Waals surface area (Å²) in [6, 6.07) is 9.76. The highest BCUT2D eigenvalue weighted by atomic mass is 16.5. The van der Waals surface area contributed by atoms with E-state index in [0.717, 1.165) is 17.4 Å². The van der Waals surface area contributed by atoms with Crippen LogP contribution in [0.15, 0.2) is 46.6 Å². The van der Waals surface area contributed by atoms with Gasteiger partial charge in [-0.05, 0) is 54.4 Å². The molecule has 0 radical (unpaired) electrons. The second-order valence-corrected chi connectivity index (χ2v) is 4.91. The lowest BCUT2D eigenvalue weighted by Crippen LogP contribution is -1.93. The fourth-order valence-corrected chi connectivity index (χ4v) is 2.02. The lowest BCUT2D eigenvalue weighted by atomic mass is 10.1. The number of aldehydes is 1. The molecule has 2 aromatic rings. The molecule has 0 aliphatic rings. The summed E-state index contributed by atoms with van der Waals surface area (Å²) in [6.07, 6.45) is 3.93. The van der Waals surface area contributed by atoms with E-state index in [1.54, 1.807) is 24.3 Å². The molecule has 0 atom stereocenters. The van der Waals surface area contributed by atoms with Crippen molar-refractivity contribution in [2.45, 2.75) is 13.3 Å². The minimum Gasteiger partial charge on any atom is -0.508 e. The van der Waals surface area contributed by atoms with Crippen LogP contribution >= 0.6 is 0 Å². The van der Waals surface area contributed by atoms with Gasteiger partial charge in [0.05, 0.1) is 19.0 Å². The third kappa shape index (κ3) is 4.67. The van der Waals surface area contributed by atoms with E-state index in [4.69, 9.17) is 4.74 Å². The maximum Gasteiger partial charge on any atom is 0.161 e. The molecule has 2 rings (SSSR count). The van der Waals surface area contributed by atoms with Crippen LogP contribution in [0.3, 0.4) is 0 Å². The number of carbonyl (C=O) groups is 1. The van der Waals surface area contributed by atoms with Crippen molar-refractivity contribution in [3.05, 3.63) is 53.1 Å². The lowest BCUT2D eigenvalue weighted by molar-refractivity contribution is -0.107. The molecule has 0 unspecified atom stereocenters. The zero-order valence-electron chi connectivity index (χ0n) is 13.2. The Morgan fingerprint density at radius 2 is 1.62 bits per heavy atom. The molecule has 0 saturated carbocycles. The predicted molar refractivity (Wildman–Crippen MR) is 92.3 cm³/mol. The van der Waals surface area contributed by atoms with Crippen LogP contribution in [0.25, 0.3) is 0 Å². The third-order valence-electron chi connectivity index (χ3n) is 3.17. The zero-order valence-corrected chi connectivity index (χ0v) is 13.2. The maximum atomic E-state index is 10.6. The summed E-state index contributed by atoms with van der Waals surface area (Å²) >= 11 is 0. The first kappa shape index (κ1) is 17.2. The van der Waals surface area contributed by atoms with Crippen molar-refractivity contribution in [1.82, 2.24) is 0 Å². The van der Waals surface area contributed by atoms with E-state index in [0.29, 0.717) is 17.9 Å². The Bertz CT molecular complexity index is 770. The number of aromatic hydroxyl groups is 2. The zero-order chi connectivity index (χ0) is 17.4. The molecule has 0 aliphatic carbocycles. The van der Waals surface area contributed by atoms with Crippen LogP contribution in [0.5, 0.6) is 17.2 Å². The van der Waals surface area contributed by atoms with Crippen molar-refractivity contribution in [1.29, 1.82) is 0 Å². The smallest absolute Gasteiger partial charge is 0.161 e. The van der Waals surface area contributed by atoms with Gasteiger partial charge in [-0.3, -0.25) is 0 Å². The number of hydrogen-bond acceptors (Lipinski definition) is 6. The molecule has 2 aromatic carbocycles. The Kier molecular flexibility index (Phi) is 6.08. The molecule has 0 bridgehead atoms. The molecule has 124 valence electrons. The Morgan fingerprint density at radius 3 is 2.25 bits per heavy atom. The minimum atomic E-state index is 0.0734. The molecule has 0 spiro atoms. The van der Waals surface area contributed by atoms with Crippen molar-refractivity contribution < 1.29 is 19.7 Å². The van der Waals surface area contributed by atoms with E-state index in [1.807, 2.05) is 6.92 Å². The van der Waals surface area contributed by atoms with Gasteiger partial charge in [0, 0.05) is 12.0 Å². The molecule has 24 heavy (non-hydrogen) atoms. The van der Waals surface area contributed by atoms with E-state index in [9.17, 15) is 15.0 Å². The largest absolute Gasteiger partial charge is 0.508 e. The fraction of sp³-hybridized carbons (Fsp3) is 0.167. The monoisotopic (exact) mass is 326 g/mol. The van der Waals surface area contributed by atoms with Gasteiger partial charge in [0.15, 0.2) is 11.5 Å². The summed E-state index contributed by atoms with van der Waals surface area (Å²) in [4.78, 5) is 10.6. The van der Waals surface area contributed by atoms with Crippen LogP contribution in [-0.2, 0) is 11.2 Å². The number of carbonyl (C=O) groups excluding carboxylic acids is 1. The molecular weight excluding hydrogens is 308 g/mol. The lowest BCUT2D eigenvalue weighted by Gasteiger charge is -2.05. The molecule has 6 heteroatoms. The van der Waals surface area contributed by atoms with E-state index in [-0.39, 0.29) is 17.9 Å². The minimum absolute atomic E-state index is 0.0734.